The van der Waals surface area contributed by atoms with Crippen LogP contribution in [-0.4, -0.2) is 67.8 Å². The first-order valence-electron chi connectivity index (χ1n) is 10.4. The smallest absolute Gasteiger partial charge is 0.410 e. The highest BCUT2D eigenvalue weighted by Crippen LogP contribution is 2.23. The highest BCUT2D eigenvalue weighted by molar-refractivity contribution is 7.90. The van der Waals surface area contributed by atoms with Crippen molar-refractivity contribution in [1.82, 2.24) is 9.80 Å². The van der Waals surface area contributed by atoms with Gasteiger partial charge in [-0.15, -0.1) is 0 Å². The predicted molar refractivity (Wildman–Crippen MR) is 116 cm³/mol. The van der Waals surface area contributed by atoms with E-state index in [1.807, 2.05) is 34.6 Å². The van der Waals surface area contributed by atoms with E-state index in [0.717, 1.165) is 19.1 Å². The number of amides is 2. The van der Waals surface area contributed by atoms with Gasteiger partial charge in [0.2, 0.25) is 0 Å². The van der Waals surface area contributed by atoms with Gasteiger partial charge >= 0.3 is 6.09 Å². The van der Waals surface area contributed by atoms with Gasteiger partial charge in [-0.3, -0.25) is 4.79 Å². The number of carbonyl (C=O) groups excluding carboxylic acids is 2. The first-order valence-corrected chi connectivity index (χ1v) is 12.3. The summed E-state index contributed by atoms with van der Waals surface area (Å²) >= 11 is 0. The maximum Gasteiger partial charge on any atom is 0.410 e. The predicted octanol–water partition coefficient (Wildman–Crippen LogP) is 3.59. The molecular weight excluding hydrogens is 404 g/mol. The average Bonchev–Trinajstić information content (AvgIpc) is 2.63. The summed E-state index contributed by atoms with van der Waals surface area (Å²) in [5.74, 6) is -0.0470. The molecule has 1 atom stereocenters. The van der Waals surface area contributed by atoms with E-state index in [1.165, 1.54) is 12.1 Å². The zero-order valence-corrected chi connectivity index (χ0v) is 19.7. The number of hydrogen-bond acceptors (Lipinski definition) is 5. The van der Waals surface area contributed by atoms with Gasteiger partial charge in [0, 0.05) is 37.5 Å². The fourth-order valence-electron chi connectivity index (χ4n) is 3.54. The molecule has 7 nitrogen and oxygen atoms in total. The summed E-state index contributed by atoms with van der Waals surface area (Å²) < 4.78 is 29.2. The fourth-order valence-corrected chi connectivity index (χ4v) is 4.20. The van der Waals surface area contributed by atoms with Crippen LogP contribution in [0.4, 0.5) is 4.79 Å². The minimum Gasteiger partial charge on any atom is -0.444 e. The number of benzene rings is 1. The molecule has 1 aromatic carbocycles. The molecule has 2 rings (SSSR count). The van der Waals surface area contributed by atoms with E-state index in [-0.39, 0.29) is 28.9 Å². The van der Waals surface area contributed by atoms with Crippen molar-refractivity contribution in [2.75, 3.05) is 25.9 Å². The lowest BCUT2D eigenvalue weighted by atomic mass is 9.96. The van der Waals surface area contributed by atoms with Crippen molar-refractivity contribution < 1.29 is 22.7 Å². The highest BCUT2D eigenvalue weighted by Gasteiger charge is 2.30. The van der Waals surface area contributed by atoms with Gasteiger partial charge in [0.15, 0.2) is 9.84 Å². The van der Waals surface area contributed by atoms with Crippen LogP contribution >= 0.6 is 0 Å². The molecule has 168 valence electrons. The van der Waals surface area contributed by atoms with E-state index in [0.29, 0.717) is 25.2 Å². The van der Waals surface area contributed by atoms with Crippen molar-refractivity contribution in [2.45, 2.75) is 64.0 Å². The molecule has 1 aliphatic heterocycles. The van der Waals surface area contributed by atoms with E-state index >= 15 is 0 Å². The van der Waals surface area contributed by atoms with Crippen LogP contribution in [0.15, 0.2) is 29.2 Å². The third-order valence-corrected chi connectivity index (χ3v) is 6.13. The Morgan fingerprint density at radius 3 is 2.50 bits per heavy atom. The Hall–Kier alpha value is -2.09. The lowest BCUT2D eigenvalue weighted by molar-refractivity contribution is 0.0124. The summed E-state index contributed by atoms with van der Waals surface area (Å²) in [5.41, 5.74) is -0.199. The van der Waals surface area contributed by atoms with E-state index < -0.39 is 15.4 Å². The second-order valence-electron chi connectivity index (χ2n) is 9.29. The zero-order chi connectivity index (χ0) is 22.7. The number of carbonyl (C=O) groups is 2. The number of hydrogen-bond donors (Lipinski definition) is 0. The molecule has 1 unspecified atom stereocenters. The topological polar surface area (TPSA) is 84.0 Å². The Morgan fingerprint density at radius 2 is 1.93 bits per heavy atom. The summed E-state index contributed by atoms with van der Waals surface area (Å²) in [7, 11) is -3.38. The van der Waals surface area contributed by atoms with Gasteiger partial charge in [0.1, 0.15) is 5.60 Å². The number of nitrogens with zero attached hydrogens (tertiary/aromatic N) is 2. The first kappa shape index (κ1) is 24.2. The monoisotopic (exact) mass is 438 g/mol. The number of piperidine rings is 1. The first-order chi connectivity index (χ1) is 13.8. The number of rotatable bonds is 5. The normalized spacial score (nSPS) is 17.7. The van der Waals surface area contributed by atoms with Crippen LogP contribution in [0.2, 0.25) is 0 Å². The summed E-state index contributed by atoms with van der Waals surface area (Å²) in [6, 6.07) is 6.14. The maximum absolute atomic E-state index is 13.0. The van der Waals surface area contributed by atoms with Gasteiger partial charge in [0.05, 0.1) is 4.90 Å². The lowest BCUT2D eigenvalue weighted by Gasteiger charge is -2.37. The van der Waals surface area contributed by atoms with Crippen molar-refractivity contribution in [2.24, 2.45) is 5.92 Å². The minimum absolute atomic E-state index is 0.0163. The molecule has 1 aliphatic rings. The molecule has 1 heterocycles. The van der Waals surface area contributed by atoms with Gasteiger partial charge in [-0.25, -0.2) is 13.2 Å². The molecule has 1 fully saturated rings. The van der Waals surface area contributed by atoms with Crippen molar-refractivity contribution in [3.05, 3.63) is 29.8 Å². The summed E-state index contributed by atoms with van der Waals surface area (Å²) in [6.07, 6.45) is 2.54. The summed E-state index contributed by atoms with van der Waals surface area (Å²) in [5, 5.41) is 0. The van der Waals surface area contributed by atoms with Crippen LogP contribution in [-0.2, 0) is 14.6 Å². The molecule has 0 radical (unpaired) electrons. The zero-order valence-electron chi connectivity index (χ0n) is 18.8. The summed E-state index contributed by atoms with van der Waals surface area (Å²) in [4.78, 5) is 29.2. The standard InChI is InChI=1S/C22H34N2O5S/c1-16(2)24(21(26)29-22(3,4)5)15-17-9-8-12-23(14-17)20(25)18-10-7-11-19(13-18)30(6,27)28/h7,10-11,13,16-17H,8-9,12,14-15H2,1-6H3. The molecule has 0 aromatic heterocycles. The molecule has 2 amide bonds. The Morgan fingerprint density at radius 1 is 1.27 bits per heavy atom. The molecule has 1 saturated heterocycles. The highest BCUT2D eigenvalue weighted by atomic mass is 32.2. The molecular formula is C22H34N2O5S. The Balaban J connectivity index is 2.10. The molecule has 0 bridgehead atoms. The SMILES string of the molecule is CC(C)N(CC1CCCN(C(=O)c2cccc(S(C)(=O)=O)c2)C1)C(=O)OC(C)(C)C. The molecule has 0 aliphatic carbocycles. The van der Waals surface area contributed by atoms with Crippen LogP contribution in [0.1, 0.15) is 57.8 Å². The number of sulfone groups is 1. The molecule has 0 N–H and O–H groups in total. The average molecular weight is 439 g/mol. The Kier molecular flexibility index (Phi) is 7.55. The van der Waals surface area contributed by atoms with E-state index in [9.17, 15) is 18.0 Å². The van der Waals surface area contributed by atoms with Crippen LogP contribution in [0.5, 0.6) is 0 Å². The van der Waals surface area contributed by atoms with E-state index in [1.54, 1.807) is 21.9 Å². The number of ether oxygens (including phenoxy) is 1. The molecule has 8 heteroatoms. The lowest BCUT2D eigenvalue weighted by Crippen LogP contribution is -2.48. The molecule has 30 heavy (non-hydrogen) atoms. The maximum atomic E-state index is 13.0. The quantitative estimate of drug-likeness (QED) is 0.701. The van der Waals surface area contributed by atoms with Crippen LogP contribution in [0.25, 0.3) is 0 Å². The molecule has 1 aromatic rings. The van der Waals surface area contributed by atoms with E-state index in [4.69, 9.17) is 4.74 Å². The van der Waals surface area contributed by atoms with Crippen molar-refractivity contribution in [3.63, 3.8) is 0 Å². The van der Waals surface area contributed by atoms with Crippen molar-refractivity contribution >= 4 is 21.8 Å². The fraction of sp³-hybridized carbons (Fsp3) is 0.636. The molecule has 0 spiro atoms. The Bertz CT molecular complexity index is 874. The van der Waals surface area contributed by atoms with Gasteiger partial charge in [0.25, 0.3) is 5.91 Å². The molecule has 0 saturated carbocycles. The van der Waals surface area contributed by atoms with Crippen LogP contribution in [0.3, 0.4) is 0 Å². The van der Waals surface area contributed by atoms with Crippen LogP contribution in [0, 0.1) is 5.92 Å². The van der Waals surface area contributed by atoms with Gasteiger partial charge in [-0.05, 0) is 71.6 Å². The van der Waals surface area contributed by atoms with Gasteiger partial charge in [-0.1, -0.05) is 6.07 Å². The number of likely N-dealkylation sites (tertiary alicyclic amines) is 1. The van der Waals surface area contributed by atoms with Crippen LogP contribution < -0.4 is 0 Å². The Labute approximate surface area is 180 Å². The van der Waals surface area contributed by atoms with E-state index in [2.05, 4.69) is 0 Å². The van der Waals surface area contributed by atoms with Gasteiger partial charge in [-0.2, -0.15) is 0 Å². The second kappa shape index (κ2) is 9.37. The van der Waals surface area contributed by atoms with Crippen molar-refractivity contribution in [3.8, 4) is 0 Å². The van der Waals surface area contributed by atoms with Crippen molar-refractivity contribution in [1.29, 1.82) is 0 Å². The third kappa shape index (κ3) is 6.72. The summed E-state index contributed by atoms with van der Waals surface area (Å²) in [6.45, 7) is 11.1. The second-order valence-corrected chi connectivity index (χ2v) is 11.3. The van der Waals surface area contributed by atoms with Gasteiger partial charge < -0.3 is 14.5 Å². The largest absolute Gasteiger partial charge is 0.444 e. The third-order valence-electron chi connectivity index (χ3n) is 5.02. The minimum atomic E-state index is -3.38.